The van der Waals surface area contributed by atoms with Crippen molar-refractivity contribution in [2.24, 2.45) is 0 Å². The Morgan fingerprint density at radius 3 is 2.86 bits per heavy atom. The predicted octanol–water partition coefficient (Wildman–Crippen LogP) is 0.241. The number of carbonyl (C=O) groups is 2. The molecule has 0 fully saturated rings. The number of aromatic carboxylic acids is 1. The topological polar surface area (TPSA) is 122 Å². The fraction of sp³-hybridized carbons (Fsp3) is 0.364. The zero-order valence-corrected chi connectivity index (χ0v) is 12.1. The highest BCUT2D eigenvalue weighted by Crippen LogP contribution is 2.06. The van der Waals surface area contributed by atoms with Crippen LogP contribution in [0.15, 0.2) is 11.6 Å². The Morgan fingerprint density at radius 2 is 2.24 bits per heavy atom. The second kappa shape index (κ2) is 6.79. The van der Waals surface area contributed by atoms with Crippen LogP contribution in [0.25, 0.3) is 0 Å². The molecule has 0 radical (unpaired) electrons. The maximum Gasteiger partial charge on any atom is 0.358 e. The van der Waals surface area contributed by atoms with Gasteiger partial charge in [0.25, 0.3) is 0 Å². The summed E-state index contributed by atoms with van der Waals surface area (Å²) in [6.45, 7) is 2.91. The number of nitrogens with zero attached hydrogens (tertiary/aromatic N) is 4. The molecular weight excluding hydrogens is 296 g/mol. The van der Waals surface area contributed by atoms with Crippen LogP contribution in [0.5, 0.6) is 0 Å². The third-order valence-corrected chi connectivity index (χ3v) is 3.30. The van der Waals surface area contributed by atoms with Crippen LogP contribution in [-0.4, -0.2) is 43.6 Å². The van der Waals surface area contributed by atoms with Gasteiger partial charge in [-0.25, -0.2) is 19.3 Å². The Balaban J connectivity index is 1.67. The SMILES string of the molecule is Cc1nc(CNC(=O)NCCn2cc(C(=O)O)nn2)cs1. The summed E-state index contributed by atoms with van der Waals surface area (Å²) in [5.74, 6) is -1.13. The first-order chi connectivity index (χ1) is 10.0. The van der Waals surface area contributed by atoms with E-state index in [4.69, 9.17) is 5.11 Å². The Morgan fingerprint density at radius 1 is 1.43 bits per heavy atom. The fourth-order valence-corrected chi connectivity index (χ4v) is 2.13. The Bertz CT molecular complexity index is 637. The molecule has 10 heteroatoms. The van der Waals surface area contributed by atoms with E-state index in [1.807, 2.05) is 12.3 Å². The molecule has 2 heterocycles. The quantitative estimate of drug-likeness (QED) is 0.702. The van der Waals surface area contributed by atoms with E-state index in [0.717, 1.165) is 10.7 Å². The molecule has 0 bridgehead atoms. The number of rotatable bonds is 6. The van der Waals surface area contributed by atoms with Gasteiger partial charge >= 0.3 is 12.0 Å². The number of thiazole rings is 1. The van der Waals surface area contributed by atoms with Crippen molar-refractivity contribution in [3.05, 3.63) is 28.0 Å². The van der Waals surface area contributed by atoms with Crippen LogP contribution in [0.3, 0.4) is 0 Å². The summed E-state index contributed by atoms with van der Waals surface area (Å²) in [5.41, 5.74) is 0.688. The maximum absolute atomic E-state index is 11.5. The molecule has 2 rings (SSSR count). The van der Waals surface area contributed by atoms with Crippen molar-refractivity contribution in [3.63, 3.8) is 0 Å². The number of urea groups is 1. The molecule has 0 unspecified atom stereocenters. The van der Waals surface area contributed by atoms with Crippen molar-refractivity contribution >= 4 is 23.3 Å². The summed E-state index contributed by atoms with van der Waals surface area (Å²) >= 11 is 1.53. The molecular formula is C11H14N6O3S. The Labute approximate surface area is 124 Å². The summed E-state index contributed by atoms with van der Waals surface area (Å²) in [5, 5.41) is 23.9. The lowest BCUT2D eigenvalue weighted by molar-refractivity contribution is 0.0690. The number of aryl methyl sites for hydroxylation is 1. The highest BCUT2D eigenvalue weighted by molar-refractivity contribution is 7.09. The Hall–Kier alpha value is -2.49. The van der Waals surface area contributed by atoms with Crippen molar-refractivity contribution in [1.82, 2.24) is 30.6 Å². The third-order valence-electron chi connectivity index (χ3n) is 2.48. The molecule has 21 heavy (non-hydrogen) atoms. The van der Waals surface area contributed by atoms with Crippen LogP contribution < -0.4 is 10.6 Å². The maximum atomic E-state index is 11.5. The number of carboxylic acids is 1. The molecule has 0 aromatic carbocycles. The van der Waals surface area contributed by atoms with E-state index in [0.29, 0.717) is 19.6 Å². The molecule has 3 N–H and O–H groups in total. The molecule has 0 saturated heterocycles. The summed E-state index contributed by atoms with van der Waals surface area (Å²) in [7, 11) is 0. The molecule has 0 atom stereocenters. The number of aromatic nitrogens is 4. The van der Waals surface area contributed by atoms with E-state index in [-0.39, 0.29) is 11.7 Å². The number of nitrogens with one attached hydrogen (secondary N) is 2. The molecule has 9 nitrogen and oxygen atoms in total. The van der Waals surface area contributed by atoms with Gasteiger partial charge in [-0.1, -0.05) is 5.21 Å². The second-order valence-electron chi connectivity index (χ2n) is 4.14. The molecule has 2 aromatic rings. The standard InChI is InChI=1S/C11H14N6O3S/c1-7-14-8(6-21-7)4-13-11(20)12-2-3-17-5-9(10(18)19)15-16-17/h5-6H,2-4H2,1H3,(H,18,19)(H2,12,13,20). The predicted molar refractivity (Wildman–Crippen MR) is 74.1 cm³/mol. The Kier molecular flexibility index (Phi) is 4.82. The van der Waals surface area contributed by atoms with Gasteiger partial charge in [-0.15, -0.1) is 16.4 Å². The zero-order valence-electron chi connectivity index (χ0n) is 11.2. The monoisotopic (exact) mass is 310 g/mol. The molecule has 0 aliphatic heterocycles. The van der Waals surface area contributed by atoms with Crippen LogP contribution in [-0.2, 0) is 13.1 Å². The first-order valence-electron chi connectivity index (χ1n) is 6.10. The number of amides is 2. The number of carbonyl (C=O) groups excluding carboxylic acids is 1. The minimum atomic E-state index is -1.13. The molecule has 0 aliphatic carbocycles. The number of hydrogen-bond acceptors (Lipinski definition) is 6. The fourth-order valence-electron chi connectivity index (χ4n) is 1.51. The zero-order chi connectivity index (χ0) is 15.2. The summed E-state index contributed by atoms with van der Waals surface area (Å²) in [6, 6.07) is -0.320. The van der Waals surface area contributed by atoms with Crippen LogP contribution in [0.2, 0.25) is 0 Å². The van der Waals surface area contributed by atoms with Crippen molar-refractivity contribution in [2.75, 3.05) is 6.54 Å². The first-order valence-corrected chi connectivity index (χ1v) is 6.98. The number of hydrogen-bond donors (Lipinski definition) is 3. The van der Waals surface area contributed by atoms with Gasteiger partial charge < -0.3 is 15.7 Å². The lowest BCUT2D eigenvalue weighted by Gasteiger charge is -2.06. The minimum absolute atomic E-state index is 0.127. The van der Waals surface area contributed by atoms with Crippen molar-refractivity contribution < 1.29 is 14.7 Å². The average molecular weight is 310 g/mol. The van der Waals surface area contributed by atoms with E-state index in [2.05, 4.69) is 25.9 Å². The van der Waals surface area contributed by atoms with Gasteiger partial charge in [0.2, 0.25) is 0 Å². The van der Waals surface area contributed by atoms with Crippen molar-refractivity contribution in [3.8, 4) is 0 Å². The van der Waals surface area contributed by atoms with Crippen LogP contribution in [0, 0.1) is 6.92 Å². The molecule has 0 saturated carbocycles. The van der Waals surface area contributed by atoms with Gasteiger partial charge in [0, 0.05) is 11.9 Å². The van der Waals surface area contributed by atoms with Crippen LogP contribution in [0.1, 0.15) is 21.2 Å². The van der Waals surface area contributed by atoms with E-state index in [9.17, 15) is 9.59 Å². The van der Waals surface area contributed by atoms with Crippen LogP contribution in [0.4, 0.5) is 4.79 Å². The van der Waals surface area contributed by atoms with Crippen LogP contribution >= 0.6 is 11.3 Å². The smallest absolute Gasteiger partial charge is 0.358 e. The van der Waals surface area contributed by atoms with Gasteiger partial charge in [-0.05, 0) is 6.92 Å². The molecule has 2 amide bonds. The van der Waals surface area contributed by atoms with Gasteiger partial charge in [0.15, 0.2) is 5.69 Å². The summed E-state index contributed by atoms with van der Waals surface area (Å²) < 4.78 is 1.35. The van der Waals surface area contributed by atoms with Crippen molar-refractivity contribution in [2.45, 2.75) is 20.0 Å². The largest absolute Gasteiger partial charge is 0.476 e. The van der Waals surface area contributed by atoms with Gasteiger partial charge in [0.05, 0.1) is 30.0 Å². The average Bonchev–Trinajstić information content (AvgIpc) is 3.05. The lowest BCUT2D eigenvalue weighted by Crippen LogP contribution is -2.36. The second-order valence-corrected chi connectivity index (χ2v) is 5.20. The lowest BCUT2D eigenvalue weighted by atomic mass is 10.5. The van der Waals surface area contributed by atoms with E-state index in [1.54, 1.807) is 0 Å². The van der Waals surface area contributed by atoms with E-state index >= 15 is 0 Å². The van der Waals surface area contributed by atoms with Gasteiger partial charge in [-0.3, -0.25) is 0 Å². The molecule has 112 valence electrons. The third kappa shape index (κ3) is 4.53. The number of carboxylic acid groups (broad SMARTS) is 1. The molecule has 0 spiro atoms. The summed E-state index contributed by atoms with van der Waals surface area (Å²) in [4.78, 5) is 26.4. The highest BCUT2D eigenvalue weighted by atomic mass is 32.1. The molecule has 0 aliphatic rings. The summed E-state index contributed by atoms with van der Waals surface area (Å²) in [6.07, 6.45) is 1.31. The first kappa shape index (κ1) is 14.9. The van der Waals surface area contributed by atoms with E-state index < -0.39 is 5.97 Å². The van der Waals surface area contributed by atoms with Crippen molar-refractivity contribution in [1.29, 1.82) is 0 Å². The van der Waals surface area contributed by atoms with E-state index in [1.165, 1.54) is 22.2 Å². The minimum Gasteiger partial charge on any atom is -0.476 e. The normalized spacial score (nSPS) is 10.3. The molecule has 2 aromatic heterocycles. The van der Waals surface area contributed by atoms with Gasteiger partial charge in [-0.2, -0.15) is 0 Å². The highest BCUT2D eigenvalue weighted by Gasteiger charge is 2.08. The van der Waals surface area contributed by atoms with Gasteiger partial charge in [0.1, 0.15) is 0 Å².